The summed E-state index contributed by atoms with van der Waals surface area (Å²) in [6, 6.07) is 9.47. The van der Waals surface area contributed by atoms with Gasteiger partial charge < -0.3 is 15.7 Å². The Labute approximate surface area is 148 Å². The number of nitriles is 1. The maximum absolute atomic E-state index is 12.4. The van der Waals surface area contributed by atoms with Crippen molar-refractivity contribution in [2.75, 3.05) is 13.1 Å². The molecule has 3 N–H and O–H groups in total. The van der Waals surface area contributed by atoms with Gasteiger partial charge in [-0.3, -0.25) is 14.4 Å². The molecule has 2 aromatic rings. The van der Waals surface area contributed by atoms with E-state index in [0.29, 0.717) is 0 Å². The van der Waals surface area contributed by atoms with Gasteiger partial charge in [-0.05, 0) is 22.4 Å². The first-order chi connectivity index (χ1) is 12.0. The van der Waals surface area contributed by atoms with Crippen LogP contribution in [0, 0.1) is 11.3 Å². The van der Waals surface area contributed by atoms with Crippen LogP contribution < -0.4 is 10.6 Å². The lowest BCUT2D eigenvalue weighted by Crippen LogP contribution is -2.37. The number of carboxylic acid groups (broad SMARTS) is 1. The van der Waals surface area contributed by atoms with Gasteiger partial charge in [0.25, 0.3) is 0 Å². The van der Waals surface area contributed by atoms with Crippen molar-refractivity contribution >= 4 is 39.2 Å². The van der Waals surface area contributed by atoms with Crippen molar-refractivity contribution < 1.29 is 19.5 Å². The molecule has 0 bridgehead atoms. The Hall–Kier alpha value is -2.92. The second kappa shape index (κ2) is 8.80. The van der Waals surface area contributed by atoms with E-state index < -0.39 is 17.8 Å². The molecule has 8 heteroatoms. The monoisotopic (exact) mass is 359 g/mol. The van der Waals surface area contributed by atoms with Crippen LogP contribution >= 0.6 is 11.3 Å². The Morgan fingerprint density at radius 2 is 1.96 bits per heavy atom. The summed E-state index contributed by atoms with van der Waals surface area (Å²) >= 11 is 1.50. The zero-order valence-corrected chi connectivity index (χ0v) is 14.1. The zero-order chi connectivity index (χ0) is 18.2. The topological polar surface area (TPSA) is 119 Å². The van der Waals surface area contributed by atoms with Crippen LogP contribution in [0.4, 0.5) is 0 Å². The molecule has 2 rings (SSSR count). The van der Waals surface area contributed by atoms with Crippen molar-refractivity contribution in [1.29, 1.82) is 5.26 Å². The van der Waals surface area contributed by atoms with E-state index in [9.17, 15) is 14.4 Å². The third kappa shape index (κ3) is 5.02. The Morgan fingerprint density at radius 3 is 2.68 bits per heavy atom. The number of rotatable bonds is 8. The highest BCUT2D eigenvalue weighted by atomic mass is 32.1. The first-order valence-electron chi connectivity index (χ1n) is 7.62. The van der Waals surface area contributed by atoms with Gasteiger partial charge >= 0.3 is 5.97 Å². The average molecular weight is 359 g/mol. The van der Waals surface area contributed by atoms with Crippen molar-refractivity contribution in [3.05, 3.63) is 35.2 Å². The summed E-state index contributed by atoms with van der Waals surface area (Å²) < 4.78 is 1.02. The number of nitrogens with zero attached hydrogens (tertiary/aromatic N) is 1. The molecule has 25 heavy (non-hydrogen) atoms. The van der Waals surface area contributed by atoms with Crippen molar-refractivity contribution in [2.24, 2.45) is 0 Å². The van der Waals surface area contributed by atoms with E-state index in [0.717, 1.165) is 15.6 Å². The lowest BCUT2D eigenvalue weighted by molar-refractivity contribution is -0.139. The molecule has 1 aromatic carbocycles. The highest BCUT2D eigenvalue weighted by Crippen LogP contribution is 2.31. The number of carboxylic acids is 1. The first-order valence-corrected chi connectivity index (χ1v) is 8.50. The SMILES string of the molecule is N#CCNC(=O)C(CNC(=O)CCC(=O)O)c1csc2ccccc12. The Morgan fingerprint density at radius 1 is 1.20 bits per heavy atom. The highest BCUT2D eigenvalue weighted by Gasteiger charge is 2.24. The van der Waals surface area contributed by atoms with Crippen molar-refractivity contribution in [2.45, 2.75) is 18.8 Å². The molecule has 0 spiro atoms. The number of amides is 2. The fraction of sp³-hybridized carbons (Fsp3) is 0.294. The van der Waals surface area contributed by atoms with E-state index in [4.69, 9.17) is 10.4 Å². The molecule has 130 valence electrons. The predicted molar refractivity (Wildman–Crippen MR) is 93.1 cm³/mol. The summed E-state index contributed by atoms with van der Waals surface area (Å²) in [6.07, 6.45) is -0.412. The third-order valence-corrected chi connectivity index (χ3v) is 4.60. The fourth-order valence-electron chi connectivity index (χ4n) is 2.39. The van der Waals surface area contributed by atoms with Crippen LogP contribution in [0.15, 0.2) is 29.6 Å². The fourth-order valence-corrected chi connectivity index (χ4v) is 3.40. The van der Waals surface area contributed by atoms with Gasteiger partial charge in [-0.25, -0.2) is 0 Å². The van der Waals surface area contributed by atoms with Crippen molar-refractivity contribution in [3.63, 3.8) is 0 Å². The van der Waals surface area contributed by atoms with E-state index in [1.807, 2.05) is 35.7 Å². The number of nitrogens with one attached hydrogen (secondary N) is 2. The van der Waals surface area contributed by atoms with Gasteiger partial charge in [0.1, 0.15) is 6.54 Å². The van der Waals surface area contributed by atoms with E-state index >= 15 is 0 Å². The number of hydrogen-bond donors (Lipinski definition) is 3. The number of thiophene rings is 1. The minimum absolute atomic E-state index is 0.0381. The normalized spacial score (nSPS) is 11.5. The molecular formula is C17H17N3O4S. The molecule has 1 heterocycles. The van der Waals surface area contributed by atoms with E-state index in [1.54, 1.807) is 0 Å². The molecule has 0 saturated heterocycles. The molecule has 0 aliphatic carbocycles. The molecular weight excluding hydrogens is 342 g/mol. The van der Waals surface area contributed by atoms with Crippen LogP contribution in [0.2, 0.25) is 0 Å². The summed E-state index contributed by atoms with van der Waals surface area (Å²) in [4.78, 5) is 34.7. The van der Waals surface area contributed by atoms with Crippen LogP contribution in [0.25, 0.3) is 10.1 Å². The predicted octanol–water partition coefficient (Wildman–Crippen LogP) is 1.61. The smallest absolute Gasteiger partial charge is 0.303 e. The van der Waals surface area contributed by atoms with Crippen molar-refractivity contribution in [3.8, 4) is 6.07 Å². The summed E-state index contributed by atoms with van der Waals surface area (Å²) in [5.41, 5.74) is 0.773. The summed E-state index contributed by atoms with van der Waals surface area (Å²) in [5.74, 6) is -2.50. The van der Waals surface area contributed by atoms with E-state index in [-0.39, 0.29) is 31.8 Å². The van der Waals surface area contributed by atoms with Crippen LogP contribution in [-0.2, 0) is 14.4 Å². The second-order valence-electron chi connectivity index (χ2n) is 5.31. The maximum atomic E-state index is 12.4. The van der Waals surface area contributed by atoms with Gasteiger partial charge in [0.2, 0.25) is 11.8 Å². The highest BCUT2D eigenvalue weighted by molar-refractivity contribution is 7.17. The minimum atomic E-state index is -1.05. The minimum Gasteiger partial charge on any atom is -0.481 e. The van der Waals surface area contributed by atoms with Gasteiger partial charge in [-0.15, -0.1) is 11.3 Å². The molecule has 1 atom stereocenters. The molecule has 0 fully saturated rings. The maximum Gasteiger partial charge on any atom is 0.303 e. The van der Waals surface area contributed by atoms with Gasteiger partial charge in [-0.2, -0.15) is 5.26 Å². The van der Waals surface area contributed by atoms with Crippen LogP contribution in [0.1, 0.15) is 24.3 Å². The Balaban J connectivity index is 2.16. The van der Waals surface area contributed by atoms with Gasteiger partial charge in [0.15, 0.2) is 0 Å². The molecule has 7 nitrogen and oxygen atoms in total. The lowest BCUT2D eigenvalue weighted by atomic mass is 9.97. The number of benzene rings is 1. The molecule has 0 aliphatic rings. The molecule has 0 saturated carbocycles. The summed E-state index contributed by atoms with van der Waals surface area (Å²) in [5, 5.41) is 25.2. The molecule has 0 aliphatic heterocycles. The zero-order valence-electron chi connectivity index (χ0n) is 13.3. The largest absolute Gasteiger partial charge is 0.481 e. The van der Waals surface area contributed by atoms with E-state index in [2.05, 4.69) is 10.6 Å². The number of carbonyl (C=O) groups is 3. The van der Waals surface area contributed by atoms with Crippen LogP contribution in [0.5, 0.6) is 0 Å². The summed E-state index contributed by atoms with van der Waals surface area (Å²) in [6.45, 7) is -0.0825. The molecule has 2 amide bonds. The number of fused-ring (bicyclic) bond motifs is 1. The Kier molecular flexibility index (Phi) is 6.48. The second-order valence-corrected chi connectivity index (χ2v) is 6.22. The van der Waals surface area contributed by atoms with Crippen LogP contribution in [-0.4, -0.2) is 36.0 Å². The standard InChI is InChI=1S/C17H17N3O4S/c18-7-8-19-17(24)12(9-20-15(21)5-6-16(22)23)13-10-25-14-4-2-1-3-11(13)14/h1-4,10,12H,5-6,8-9H2,(H,19,24)(H,20,21)(H,22,23). The molecule has 1 unspecified atom stereocenters. The first kappa shape index (κ1) is 18.4. The molecule has 0 radical (unpaired) electrons. The summed E-state index contributed by atoms with van der Waals surface area (Å²) in [7, 11) is 0. The third-order valence-electron chi connectivity index (χ3n) is 3.61. The Bertz CT molecular complexity index is 825. The van der Waals surface area contributed by atoms with Gasteiger partial charge in [0.05, 0.1) is 18.4 Å². The number of carbonyl (C=O) groups excluding carboxylic acids is 2. The number of hydrogen-bond acceptors (Lipinski definition) is 5. The van der Waals surface area contributed by atoms with Gasteiger partial charge in [0, 0.05) is 17.7 Å². The van der Waals surface area contributed by atoms with Gasteiger partial charge in [-0.1, -0.05) is 18.2 Å². The molecule has 1 aromatic heterocycles. The quantitative estimate of drug-likeness (QED) is 0.619. The van der Waals surface area contributed by atoms with Crippen LogP contribution in [0.3, 0.4) is 0 Å². The lowest BCUT2D eigenvalue weighted by Gasteiger charge is -2.16. The van der Waals surface area contributed by atoms with Crippen molar-refractivity contribution in [1.82, 2.24) is 10.6 Å². The number of aliphatic carboxylic acids is 1. The van der Waals surface area contributed by atoms with E-state index in [1.165, 1.54) is 11.3 Å². The average Bonchev–Trinajstić information content (AvgIpc) is 3.02.